The number of aromatic nitrogens is 2. The Morgan fingerprint density at radius 2 is 2.14 bits per heavy atom. The number of ether oxygens (including phenoxy) is 1. The molecule has 1 aromatic carbocycles. The van der Waals surface area contributed by atoms with Crippen molar-refractivity contribution >= 4 is 5.69 Å². The van der Waals surface area contributed by atoms with Crippen LogP contribution in [0.3, 0.4) is 0 Å². The van der Waals surface area contributed by atoms with Crippen LogP contribution in [-0.4, -0.2) is 23.1 Å². The topological polar surface area (TPSA) is 39.1 Å². The van der Waals surface area contributed by atoms with Gasteiger partial charge in [-0.1, -0.05) is 12.1 Å². The van der Waals surface area contributed by atoms with E-state index >= 15 is 0 Å². The van der Waals surface area contributed by atoms with E-state index in [0.29, 0.717) is 5.69 Å². The van der Waals surface area contributed by atoms with Crippen molar-refractivity contribution in [2.24, 2.45) is 0 Å². The fourth-order valence-electron chi connectivity index (χ4n) is 1.95. The van der Waals surface area contributed by atoms with Crippen LogP contribution in [0.15, 0.2) is 36.7 Å². The van der Waals surface area contributed by atoms with Gasteiger partial charge in [0.15, 0.2) is 0 Å². The number of hydrogen-bond acceptors (Lipinski definition) is 3. The average molecular weight is 299 g/mol. The zero-order valence-electron chi connectivity index (χ0n) is 11.7. The summed E-state index contributed by atoms with van der Waals surface area (Å²) >= 11 is 0. The molecular weight excluding hydrogens is 283 g/mol. The minimum Gasteiger partial charge on any atom is -0.497 e. The minimum atomic E-state index is -4.28. The van der Waals surface area contributed by atoms with Crippen LogP contribution < -0.4 is 10.1 Å². The number of methoxy groups -OCH3 is 1. The lowest BCUT2D eigenvalue weighted by Gasteiger charge is -2.15. The second-order valence-corrected chi connectivity index (χ2v) is 4.68. The summed E-state index contributed by atoms with van der Waals surface area (Å²) in [6.45, 7) is 0.818. The average Bonchev–Trinajstić information content (AvgIpc) is 2.83. The Bertz CT molecular complexity index is 595. The number of alkyl halides is 3. The maximum absolute atomic E-state index is 12.3. The summed E-state index contributed by atoms with van der Waals surface area (Å²) in [6.07, 6.45) is -1.56. The third-order valence-corrected chi connectivity index (χ3v) is 2.95. The van der Waals surface area contributed by atoms with Gasteiger partial charge in [-0.15, -0.1) is 0 Å². The van der Waals surface area contributed by atoms with E-state index < -0.39 is 12.7 Å². The highest BCUT2D eigenvalue weighted by Gasteiger charge is 2.28. The number of benzene rings is 1. The maximum Gasteiger partial charge on any atom is 0.408 e. The molecule has 7 heteroatoms. The smallest absolute Gasteiger partial charge is 0.408 e. The molecule has 0 saturated carbocycles. The number of hydrogen-bond donors (Lipinski definition) is 1. The summed E-state index contributed by atoms with van der Waals surface area (Å²) in [5, 5.41) is 6.80. The molecule has 0 amide bonds. The van der Waals surface area contributed by atoms with E-state index in [1.807, 2.05) is 31.2 Å². The van der Waals surface area contributed by atoms with E-state index in [1.165, 1.54) is 12.4 Å². The Labute approximate surface area is 120 Å². The second kappa shape index (κ2) is 6.07. The molecule has 0 saturated heterocycles. The molecule has 2 aromatic rings. The first kappa shape index (κ1) is 15.2. The summed E-state index contributed by atoms with van der Waals surface area (Å²) in [6, 6.07) is 7.40. The van der Waals surface area contributed by atoms with Crippen LogP contribution in [0.1, 0.15) is 18.5 Å². The molecule has 0 spiro atoms. The van der Waals surface area contributed by atoms with Gasteiger partial charge in [0.1, 0.15) is 12.3 Å². The molecule has 0 unspecified atom stereocenters. The van der Waals surface area contributed by atoms with Gasteiger partial charge >= 0.3 is 6.18 Å². The van der Waals surface area contributed by atoms with Crippen molar-refractivity contribution in [1.82, 2.24) is 9.78 Å². The maximum atomic E-state index is 12.3. The Morgan fingerprint density at radius 1 is 1.38 bits per heavy atom. The Hall–Kier alpha value is -2.18. The quantitative estimate of drug-likeness (QED) is 0.916. The van der Waals surface area contributed by atoms with Gasteiger partial charge in [0.05, 0.1) is 19.0 Å². The third kappa shape index (κ3) is 4.40. The molecule has 1 heterocycles. The van der Waals surface area contributed by atoms with Gasteiger partial charge in [0.2, 0.25) is 0 Å². The zero-order chi connectivity index (χ0) is 15.5. The molecular formula is C14H16F3N3O. The Morgan fingerprint density at radius 3 is 2.81 bits per heavy atom. The molecule has 0 aliphatic rings. The molecule has 1 aromatic heterocycles. The molecule has 21 heavy (non-hydrogen) atoms. The van der Waals surface area contributed by atoms with Gasteiger partial charge in [-0.3, -0.25) is 4.68 Å². The normalized spacial score (nSPS) is 13.0. The number of rotatable bonds is 5. The predicted octanol–water partition coefficient (Wildman–Crippen LogP) is 3.63. The van der Waals surface area contributed by atoms with Gasteiger partial charge in [0.25, 0.3) is 0 Å². The lowest BCUT2D eigenvalue weighted by Crippen LogP contribution is -2.17. The van der Waals surface area contributed by atoms with E-state index in [-0.39, 0.29) is 6.04 Å². The Kier molecular flexibility index (Phi) is 4.40. The molecule has 114 valence electrons. The standard InChI is InChI=1S/C14H16F3N3O/c1-10(11-4-3-5-13(6-11)21-2)19-12-7-18-20(8-12)9-14(15,16)17/h3-8,10,19H,9H2,1-2H3/t10-/m0/s1. The highest BCUT2D eigenvalue weighted by Crippen LogP contribution is 2.23. The van der Waals surface area contributed by atoms with Crippen molar-refractivity contribution in [2.45, 2.75) is 25.7 Å². The first-order valence-corrected chi connectivity index (χ1v) is 6.37. The minimum absolute atomic E-state index is 0.0800. The summed E-state index contributed by atoms with van der Waals surface area (Å²) in [5.41, 5.74) is 1.51. The summed E-state index contributed by atoms with van der Waals surface area (Å²) in [4.78, 5) is 0. The van der Waals surface area contributed by atoms with Crippen molar-refractivity contribution in [3.05, 3.63) is 42.2 Å². The van der Waals surface area contributed by atoms with Crippen LogP contribution in [-0.2, 0) is 6.54 Å². The van der Waals surface area contributed by atoms with Crippen LogP contribution >= 0.6 is 0 Å². The van der Waals surface area contributed by atoms with Crippen molar-refractivity contribution in [3.8, 4) is 5.75 Å². The third-order valence-electron chi connectivity index (χ3n) is 2.95. The molecule has 0 bridgehead atoms. The zero-order valence-corrected chi connectivity index (χ0v) is 11.7. The molecule has 1 atom stereocenters. The van der Waals surface area contributed by atoms with Crippen molar-refractivity contribution in [1.29, 1.82) is 0 Å². The Balaban J connectivity index is 2.04. The number of nitrogens with zero attached hydrogens (tertiary/aromatic N) is 2. The number of anilines is 1. The van der Waals surface area contributed by atoms with Crippen molar-refractivity contribution < 1.29 is 17.9 Å². The lowest BCUT2D eigenvalue weighted by atomic mass is 10.1. The lowest BCUT2D eigenvalue weighted by molar-refractivity contribution is -0.142. The van der Waals surface area contributed by atoms with E-state index in [0.717, 1.165) is 16.0 Å². The fourth-order valence-corrected chi connectivity index (χ4v) is 1.95. The fraction of sp³-hybridized carbons (Fsp3) is 0.357. The number of halogens is 3. The number of nitrogens with one attached hydrogen (secondary N) is 1. The highest BCUT2D eigenvalue weighted by atomic mass is 19.4. The SMILES string of the molecule is COc1cccc([C@H](C)Nc2cnn(CC(F)(F)F)c2)c1. The molecule has 0 radical (unpaired) electrons. The molecule has 0 fully saturated rings. The van der Waals surface area contributed by atoms with Gasteiger partial charge in [-0.05, 0) is 24.6 Å². The van der Waals surface area contributed by atoms with E-state index in [9.17, 15) is 13.2 Å². The molecule has 0 aliphatic carbocycles. The largest absolute Gasteiger partial charge is 0.497 e. The highest BCUT2D eigenvalue weighted by molar-refractivity contribution is 5.42. The molecule has 1 N–H and O–H groups in total. The molecule has 0 aliphatic heterocycles. The second-order valence-electron chi connectivity index (χ2n) is 4.68. The predicted molar refractivity (Wildman–Crippen MR) is 73.3 cm³/mol. The monoisotopic (exact) mass is 299 g/mol. The van der Waals surface area contributed by atoms with Gasteiger partial charge in [0, 0.05) is 12.2 Å². The molecule has 4 nitrogen and oxygen atoms in total. The van der Waals surface area contributed by atoms with Crippen molar-refractivity contribution in [3.63, 3.8) is 0 Å². The van der Waals surface area contributed by atoms with E-state index in [2.05, 4.69) is 10.4 Å². The van der Waals surface area contributed by atoms with E-state index in [1.54, 1.807) is 7.11 Å². The van der Waals surface area contributed by atoms with Crippen LogP contribution in [0.4, 0.5) is 18.9 Å². The van der Waals surface area contributed by atoms with Crippen LogP contribution in [0.25, 0.3) is 0 Å². The summed E-state index contributed by atoms with van der Waals surface area (Å²) < 4.78 is 42.8. The van der Waals surface area contributed by atoms with Gasteiger partial charge < -0.3 is 10.1 Å². The summed E-state index contributed by atoms with van der Waals surface area (Å²) in [5.74, 6) is 0.730. The van der Waals surface area contributed by atoms with Gasteiger partial charge in [-0.2, -0.15) is 18.3 Å². The van der Waals surface area contributed by atoms with Crippen LogP contribution in [0, 0.1) is 0 Å². The van der Waals surface area contributed by atoms with Crippen LogP contribution in [0.5, 0.6) is 5.75 Å². The first-order chi connectivity index (χ1) is 9.87. The molecule has 2 rings (SSSR count). The van der Waals surface area contributed by atoms with Gasteiger partial charge in [-0.25, -0.2) is 0 Å². The van der Waals surface area contributed by atoms with E-state index in [4.69, 9.17) is 4.74 Å². The van der Waals surface area contributed by atoms with Crippen LogP contribution in [0.2, 0.25) is 0 Å². The van der Waals surface area contributed by atoms with Crippen molar-refractivity contribution in [2.75, 3.05) is 12.4 Å². The first-order valence-electron chi connectivity index (χ1n) is 6.37. The summed E-state index contributed by atoms with van der Waals surface area (Å²) in [7, 11) is 1.58.